The zero-order chi connectivity index (χ0) is 13.8. The minimum atomic E-state index is -0.882. The summed E-state index contributed by atoms with van der Waals surface area (Å²) in [6, 6.07) is 0. The predicted molar refractivity (Wildman–Crippen MR) is 77.0 cm³/mol. The van der Waals surface area contributed by atoms with Crippen molar-refractivity contribution in [2.45, 2.75) is 58.8 Å². The molecule has 0 N–H and O–H groups in total. The van der Waals surface area contributed by atoms with Crippen LogP contribution < -0.4 is 0 Å². The van der Waals surface area contributed by atoms with Crippen LogP contribution in [0.2, 0.25) is 0 Å². The van der Waals surface area contributed by atoms with Gasteiger partial charge in [-0.1, -0.05) is 52.4 Å². The van der Waals surface area contributed by atoms with Crippen LogP contribution >= 0.6 is 0 Å². The standard InChI is InChI=1S/C14H28O3S/c1-4-5-6-7-8-9-10-11-18(16)12-13(2)14(15)17-3/h13H,4-12H2,1-3H3. The van der Waals surface area contributed by atoms with E-state index in [0.717, 1.165) is 18.6 Å². The van der Waals surface area contributed by atoms with Gasteiger partial charge in [-0.2, -0.15) is 0 Å². The first-order valence-electron chi connectivity index (χ1n) is 7.04. The molecular weight excluding hydrogens is 248 g/mol. The van der Waals surface area contributed by atoms with E-state index in [9.17, 15) is 9.00 Å². The normalized spacial score (nSPS) is 14.2. The maximum atomic E-state index is 11.7. The van der Waals surface area contributed by atoms with Crippen LogP contribution in [0, 0.1) is 5.92 Å². The third kappa shape index (κ3) is 9.63. The van der Waals surface area contributed by atoms with Crippen molar-refractivity contribution in [1.82, 2.24) is 0 Å². The molecule has 0 rings (SSSR count). The molecule has 0 bridgehead atoms. The zero-order valence-electron chi connectivity index (χ0n) is 12.1. The molecule has 0 aromatic carbocycles. The highest BCUT2D eigenvalue weighted by Gasteiger charge is 2.15. The molecule has 0 heterocycles. The second kappa shape index (κ2) is 11.7. The molecule has 0 spiro atoms. The number of methoxy groups -OCH3 is 1. The lowest BCUT2D eigenvalue weighted by molar-refractivity contribution is -0.144. The first-order valence-corrected chi connectivity index (χ1v) is 8.53. The summed E-state index contributed by atoms with van der Waals surface area (Å²) in [4.78, 5) is 11.2. The molecule has 4 heteroatoms. The van der Waals surface area contributed by atoms with Crippen LogP contribution in [0.25, 0.3) is 0 Å². The van der Waals surface area contributed by atoms with Gasteiger partial charge in [-0.25, -0.2) is 0 Å². The fourth-order valence-electron chi connectivity index (χ4n) is 1.85. The van der Waals surface area contributed by atoms with Crippen molar-refractivity contribution >= 4 is 16.8 Å². The topological polar surface area (TPSA) is 43.4 Å². The summed E-state index contributed by atoms with van der Waals surface area (Å²) >= 11 is 0. The van der Waals surface area contributed by atoms with E-state index in [0.29, 0.717) is 5.75 Å². The Balaban J connectivity index is 3.45. The molecule has 0 amide bonds. The molecule has 0 aliphatic heterocycles. The Labute approximate surface area is 114 Å². The number of rotatable bonds is 11. The fourth-order valence-corrected chi connectivity index (χ4v) is 3.24. The van der Waals surface area contributed by atoms with E-state index in [4.69, 9.17) is 0 Å². The summed E-state index contributed by atoms with van der Waals surface area (Å²) < 4.78 is 16.3. The summed E-state index contributed by atoms with van der Waals surface area (Å²) in [6.45, 7) is 3.99. The maximum absolute atomic E-state index is 11.7. The van der Waals surface area contributed by atoms with Crippen molar-refractivity contribution in [2.75, 3.05) is 18.6 Å². The van der Waals surface area contributed by atoms with Gasteiger partial charge in [-0.3, -0.25) is 9.00 Å². The minimum Gasteiger partial charge on any atom is -0.469 e. The molecule has 0 aliphatic carbocycles. The quantitative estimate of drug-likeness (QED) is 0.429. The lowest BCUT2D eigenvalue weighted by Crippen LogP contribution is -2.20. The third-order valence-electron chi connectivity index (χ3n) is 3.02. The van der Waals surface area contributed by atoms with Gasteiger partial charge in [0.25, 0.3) is 0 Å². The van der Waals surface area contributed by atoms with Crippen molar-refractivity contribution < 1.29 is 13.7 Å². The Morgan fingerprint density at radius 3 is 2.22 bits per heavy atom. The summed E-state index contributed by atoms with van der Waals surface area (Å²) in [7, 11) is 0.491. The van der Waals surface area contributed by atoms with Crippen molar-refractivity contribution in [1.29, 1.82) is 0 Å². The average Bonchev–Trinajstić information content (AvgIpc) is 2.36. The highest BCUT2D eigenvalue weighted by molar-refractivity contribution is 7.85. The lowest BCUT2D eigenvalue weighted by atomic mass is 10.1. The first-order chi connectivity index (χ1) is 8.61. The van der Waals surface area contributed by atoms with E-state index in [1.165, 1.54) is 39.2 Å². The molecule has 0 saturated carbocycles. The molecule has 0 fully saturated rings. The Morgan fingerprint density at radius 2 is 1.67 bits per heavy atom. The number of carbonyl (C=O) groups is 1. The van der Waals surface area contributed by atoms with Crippen LogP contribution in [0.5, 0.6) is 0 Å². The number of unbranched alkanes of at least 4 members (excludes halogenated alkanes) is 6. The number of esters is 1. The summed E-state index contributed by atoms with van der Waals surface area (Å²) in [5.41, 5.74) is 0. The average molecular weight is 276 g/mol. The van der Waals surface area contributed by atoms with E-state index < -0.39 is 10.8 Å². The van der Waals surface area contributed by atoms with Gasteiger partial charge < -0.3 is 4.74 Å². The molecule has 18 heavy (non-hydrogen) atoms. The van der Waals surface area contributed by atoms with Gasteiger partial charge >= 0.3 is 5.97 Å². The van der Waals surface area contributed by atoms with Gasteiger partial charge in [0, 0.05) is 22.3 Å². The number of hydrogen-bond donors (Lipinski definition) is 0. The Bertz CT molecular complexity index is 241. The SMILES string of the molecule is CCCCCCCCCS(=O)CC(C)C(=O)OC. The Hall–Kier alpha value is -0.380. The van der Waals surface area contributed by atoms with Gasteiger partial charge in [0.1, 0.15) is 0 Å². The second-order valence-electron chi connectivity index (χ2n) is 4.86. The van der Waals surface area contributed by atoms with Crippen molar-refractivity contribution in [3.8, 4) is 0 Å². The zero-order valence-corrected chi connectivity index (χ0v) is 12.9. The van der Waals surface area contributed by atoms with Crippen LogP contribution in [0.4, 0.5) is 0 Å². The number of carbonyl (C=O) groups excluding carboxylic acids is 1. The van der Waals surface area contributed by atoms with E-state index >= 15 is 0 Å². The molecule has 0 aliphatic rings. The van der Waals surface area contributed by atoms with E-state index in [-0.39, 0.29) is 11.9 Å². The monoisotopic (exact) mass is 276 g/mol. The summed E-state index contributed by atoms with van der Waals surface area (Å²) in [6.07, 6.45) is 8.61. The smallest absolute Gasteiger partial charge is 0.309 e. The van der Waals surface area contributed by atoms with Crippen LogP contribution in [0.15, 0.2) is 0 Å². The number of hydrogen-bond acceptors (Lipinski definition) is 3. The van der Waals surface area contributed by atoms with Crippen molar-refractivity contribution in [3.05, 3.63) is 0 Å². The minimum absolute atomic E-state index is 0.250. The first kappa shape index (κ1) is 17.6. The summed E-state index contributed by atoms with van der Waals surface area (Å²) in [5, 5.41) is 0. The van der Waals surface area contributed by atoms with Gasteiger partial charge in [-0.15, -0.1) is 0 Å². The predicted octanol–water partition coefficient (Wildman–Crippen LogP) is 3.29. The molecule has 3 nitrogen and oxygen atoms in total. The molecular formula is C14H28O3S. The maximum Gasteiger partial charge on any atom is 0.309 e. The molecule has 108 valence electrons. The fraction of sp³-hybridized carbons (Fsp3) is 0.929. The van der Waals surface area contributed by atoms with E-state index in [1.807, 2.05) is 0 Å². The van der Waals surface area contributed by atoms with E-state index in [1.54, 1.807) is 6.92 Å². The van der Waals surface area contributed by atoms with Gasteiger partial charge in [0.2, 0.25) is 0 Å². The van der Waals surface area contributed by atoms with Crippen molar-refractivity contribution in [2.24, 2.45) is 5.92 Å². The molecule has 0 aromatic heterocycles. The van der Waals surface area contributed by atoms with Crippen molar-refractivity contribution in [3.63, 3.8) is 0 Å². The van der Waals surface area contributed by atoms with Gasteiger partial charge in [0.15, 0.2) is 0 Å². The molecule has 0 saturated heterocycles. The van der Waals surface area contributed by atoms with Crippen LogP contribution in [-0.2, 0) is 20.3 Å². The van der Waals surface area contributed by atoms with Gasteiger partial charge in [0.05, 0.1) is 13.0 Å². The summed E-state index contributed by atoms with van der Waals surface area (Å²) in [5.74, 6) is 0.640. The van der Waals surface area contributed by atoms with Gasteiger partial charge in [-0.05, 0) is 6.42 Å². The highest BCUT2D eigenvalue weighted by Crippen LogP contribution is 2.08. The molecule has 2 atom stereocenters. The molecule has 0 radical (unpaired) electrons. The lowest BCUT2D eigenvalue weighted by Gasteiger charge is -2.08. The third-order valence-corrected chi connectivity index (χ3v) is 4.63. The second-order valence-corrected chi connectivity index (χ2v) is 6.48. The van der Waals surface area contributed by atoms with Crippen LogP contribution in [-0.4, -0.2) is 28.8 Å². The highest BCUT2D eigenvalue weighted by atomic mass is 32.2. The largest absolute Gasteiger partial charge is 0.469 e. The Morgan fingerprint density at radius 1 is 1.11 bits per heavy atom. The van der Waals surface area contributed by atoms with E-state index in [2.05, 4.69) is 11.7 Å². The molecule has 0 aromatic rings. The van der Waals surface area contributed by atoms with Crippen LogP contribution in [0.3, 0.4) is 0 Å². The number of ether oxygens (including phenoxy) is 1. The Kier molecular flexibility index (Phi) is 11.4. The molecule has 2 unspecified atom stereocenters. The van der Waals surface area contributed by atoms with Crippen LogP contribution in [0.1, 0.15) is 58.8 Å².